The zero-order valence-corrected chi connectivity index (χ0v) is 16.9. The molecule has 3 N–H and O–H groups in total. The fraction of sp³-hybridized carbons (Fsp3) is 0.850. The van der Waals surface area contributed by atoms with Crippen LogP contribution in [0, 0.1) is 28.1 Å². The van der Waals surface area contributed by atoms with Crippen molar-refractivity contribution >= 4 is 17.9 Å². The van der Waals surface area contributed by atoms with Crippen molar-refractivity contribution in [2.24, 2.45) is 28.1 Å². The summed E-state index contributed by atoms with van der Waals surface area (Å²) >= 11 is 0. The smallest absolute Gasteiger partial charge is 0.343 e. The quantitative estimate of drug-likeness (QED) is 0.314. The van der Waals surface area contributed by atoms with Crippen molar-refractivity contribution in [2.75, 3.05) is 0 Å². The molecule has 2 aliphatic carbocycles. The van der Waals surface area contributed by atoms with Crippen LogP contribution >= 0.6 is 0 Å². The van der Waals surface area contributed by atoms with Gasteiger partial charge in [0.1, 0.15) is 12.2 Å². The number of carbonyl (C=O) groups is 3. The minimum atomic E-state index is -2.24. The molecule has 10 nitrogen and oxygen atoms in total. The summed E-state index contributed by atoms with van der Waals surface area (Å²) in [5.74, 6) is -4.32. The van der Waals surface area contributed by atoms with Crippen LogP contribution in [0.2, 0.25) is 0 Å². The van der Waals surface area contributed by atoms with Gasteiger partial charge in [0.05, 0.1) is 16.7 Å². The lowest BCUT2D eigenvalue weighted by atomic mass is 9.51. The first-order valence-corrected chi connectivity index (χ1v) is 10.2. The summed E-state index contributed by atoms with van der Waals surface area (Å²) < 4.78 is 22.5. The second-order valence-electron chi connectivity index (χ2n) is 10.7. The van der Waals surface area contributed by atoms with Crippen LogP contribution < -0.4 is 0 Å². The Bertz CT molecular complexity index is 925. The topological polar surface area (TPSA) is 149 Å². The Morgan fingerprint density at radius 2 is 1.70 bits per heavy atom. The highest BCUT2D eigenvalue weighted by Crippen LogP contribution is 2.84. The zero-order chi connectivity index (χ0) is 21.8. The third kappa shape index (κ3) is 1.33. The zero-order valence-electron chi connectivity index (χ0n) is 16.9. The third-order valence-corrected chi connectivity index (χ3v) is 9.00. The lowest BCUT2D eigenvalue weighted by Crippen LogP contribution is -2.67. The van der Waals surface area contributed by atoms with E-state index in [1.54, 1.807) is 0 Å². The van der Waals surface area contributed by atoms with Gasteiger partial charge in [-0.15, -0.1) is 0 Å². The van der Waals surface area contributed by atoms with E-state index in [1.807, 2.05) is 20.8 Å². The summed E-state index contributed by atoms with van der Waals surface area (Å²) in [5, 5.41) is 34.7. The predicted octanol–water partition coefficient (Wildman–Crippen LogP) is -1.37. The van der Waals surface area contributed by atoms with E-state index < -0.39 is 87.9 Å². The second-order valence-corrected chi connectivity index (χ2v) is 10.7. The molecule has 0 aromatic carbocycles. The van der Waals surface area contributed by atoms with Crippen LogP contribution in [0.4, 0.5) is 0 Å². The number of hydrogen-bond donors (Lipinski definition) is 3. The molecule has 4 aliphatic heterocycles. The summed E-state index contributed by atoms with van der Waals surface area (Å²) in [6, 6.07) is 0. The minimum absolute atomic E-state index is 0.229. The van der Waals surface area contributed by atoms with E-state index in [0.29, 0.717) is 0 Å². The Morgan fingerprint density at radius 3 is 2.33 bits per heavy atom. The van der Waals surface area contributed by atoms with E-state index in [-0.39, 0.29) is 6.42 Å². The van der Waals surface area contributed by atoms with Crippen LogP contribution in [0.15, 0.2) is 0 Å². The van der Waals surface area contributed by atoms with Gasteiger partial charge in [-0.2, -0.15) is 0 Å². The van der Waals surface area contributed by atoms with Crippen LogP contribution in [-0.2, 0) is 33.3 Å². The standard InChI is InChI=1S/C20H24O10/c1-6-12(23)28-11-9(21)18-8-5-7(16(2,3)4)17(18)10(22)13(24)29-15(17)30-20(18,14(25)27-8)19(6,11)26/h6-11,15,21-22,26H,5H2,1-4H3/t6-,7+,8-,9?,10+,11+,15+,17?,18?,19-,20-/m1/s1. The molecule has 3 unspecified atom stereocenters. The molecule has 4 heterocycles. The van der Waals surface area contributed by atoms with E-state index in [1.165, 1.54) is 6.92 Å². The largest absolute Gasteiger partial charge is 0.459 e. The Morgan fingerprint density at radius 1 is 1.03 bits per heavy atom. The molecular weight excluding hydrogens is 400 g/mol. The summed E-state index contributed by atoms with van der Waals surface area (Å²) in [7, 11) is 0. The van der Waals surface area contributed by atoms with Crippen molar-refractivity contribution < 1.29 is 48.7 Å². The average Bonchev–Trinajstić information content (AvgIpc) is 3.35. The van der Waals surface area contributed by atoms with Crippen LogP contribution in [-0.4, -0.2) is 75.1 Å². The molecule has 0 bridgehead atoms. The van der Waals surface area contributed by atoms with Gasteiger partial charge >= 0.3 is 17.9 Å². The van der Waals surface area contributed by atoms with Gasteiger partial charge in [-0.05, 0) is 24.7 Å². The SMILES string of the molecule is C[C@@H]1C(=O)O[C@H]2C(O)C34[C@H]5C[C@@H](C(C)(C)C)C36[C@@H](OC(=O)[C@@H]6O)O[C@@]4(C(=O)O5)[C@@]12O. The van der Waals surface area contributed by atoms with Crippen LogP contribution in [0.5, 0.6) is 0 Å². The number of aliphatic hydroxyl groups is 3. The van der Waals surface area contributed by atoms with Gasteiger partial charge in [-0.25, -0.2) is 9.59 Å². The Balaban J connectivity index is 1.72. The maximum Gasteiger partial charge on any atom is 0.343 e. The molecular formula is C20H24O10. The first-order valence-electron chi connectivity index (χ1n) is 10.2. The molecule has 0 radical (unpaired) electrons. The van der Waals surface area contributed by atoms with E-state index in [0.717, 1.165) is 0 Å². The number of aliphatic hydroxyl groups excluding tert-OH is 2. The van der Waals surface area contributed by atoms with Gasteiger partial charge < -0.3 is 34.3 Å². The van der Waals surface area contributed by atoms with Gasteiger partial charge in [-0.1, -0.05) is 20.8 Å². The summed E-state index contributed by atoms with van der Waals surface area (Å²) in [5.41, 5.74) is -8.26. The summed E-state index contributed by atoms with van der Waals surface area (Å²) in [6.45, 7) is 7.14. The fourth-order valence-electron chi connectivity index (χ4n) is 8.12. The highest BCUT2D eigenvalue weighted by molar-refractivity contribution is 5.94. The van der Waals surface area contributed by atoms with Crippen molar-refractivity contribution in [1.29, 1.82) is 0 Å². The molecule has 0 amide bonds. The Hall–Kier alpha value is -1.75. The predicted molar refractivity (Wildman–Crippen MR) is 92.0 cm³/mol. The van der Waals surface area contributed by atoms with Crippen molar-refractivity contribution in [2.45, 2.75) is 76.0 Å². The fourth-order valence-corrected chi connectivity index (χ4v) is 8.12. The molecule has 30 heavy (non-hydrogen) atoms. The van der Waals surface area contributed by atoms with E-state index in [9.17, 15) is 29.7 Å². The highest BCUT2D eigenvalue weighted by Gasteiger charge is 3.03. The number of rotatable bonds is 0. The third-order valence-electron chi connectivity index (χ3n) is 9.00. The monoisotopic (exact) mass is 424 g/mol. The maximum atomic E-state index is 13.4. The van der Waals surface area contributed by atoms with Gasteiger partial charge in [0.2, 0.25) is 11.9 Å². The number of fused-ring (bicyclic) bond motifs is 1. The molecule has 6 rings (SSSR count). The van der Waals surface area contributed by atoms with Crippen molar-refractivity contribution in [3.05, 3.63) is 0 Å². The van der Waals surface area contributed by atoms with E-state index in [4.69, 9.17) is 18.9 Å². The minimum Gasteiger partial charge on any atom is -0.459 e. The van der Waals surface area contributed by atoms with Gasteiger partial charge in [0.15, 0.2) is 17.8 Å². The summed E-state index contributed by atoms with van der Waals surface area (Å²) in [4.78, 5) is 38.2. The van der Waals surface area contributed by atoms with Crippen LogP contribution in [0.1, 0.15) is 34.1 Å². The lowest BCUT2D eigenvalue weighted by Gasteiger charge is -2.47. The molecule has 11 atom stereocenters. The number of carbonyl (C=O) groups excluding carboxylic acids is 3. The normalized spacial score (nSPS) is 60.1. The van der Waals surface area contributed by atoms with Crippen LogP contribution in [0.3, 0.4) is 0 Å². The molecule has 10 heteroatoms. The molecule has 4 saturated heterocycles. The Labute approximate surface area is 171 Å². The van der Waals surface area contributed by atoms with Gasteiger partial charge in [0.25, 0.3) is 0 Å². The Kier molecular flexibility index (Phi) is 2.97. The second kappa shape index (κ2) is 4.69. The van der Waals surface area contributed by atoms with E-state index >= 15 is 0 Å². The van der Waals surface area contributed by atoms with Crippen molar-refractivity contribution in [3.63, 3.8) is 0 Å². The molecule has 2 saturated carbocycles. The lowest BCUT2D eigenvalue weighted by molar-refractivity contribution is -0.239. The average molecular weight is 424 g/mol. The number of esters is 3. The molecule has 6 fully saturated rings. The molecule has 164 valence electrons. The van der Waals surface area contributed by atoms with Crippen LogP contribution in [0.25, 0.3) is 0 Å². The molecule has 0 aromatic heterocycles. The first-order chi connectivity index (χ1) is 13.8. The van der Waals surface area contributed by atoms with Gasteiger partial charge in [0, 0.05) is 0 Å². The van der Waals surface area contributed by atoms with Crippen molar-refractivity contribution in [3.8, 4) is 0 Å². The highest BCUT2D eigenvalue weighted by atomic mass is 16.8. The maximum absolute atomic E-state index is 13.4. The molecule has 6 aliphatic rings. The molecule has 2 spiro atoms. The summed E-state index contributed by atoms with van der Waals surface area (Å²) in [6.07, 6.45) is -6.91. The van der Waals surface area contributed by atoms with E-state index in [2.05, 4.69) is 0 Å². The number of ether oxygens (including phenoxy) is 4. The van der Waals surface area contributed by atoms with Gasteiger partial charge in [-0.3, -0.25) is 4.79 Å². The van der Waals surface area contributed by atoms with Crippen molar-refractivity contribution in [1.82, 2.24) is 0 Å². The molecule has 0 aromatic rings. The number of hydrogen-bond acceptors (Lipinski definition) is 10. The first kappa shape index (κ1) is 19.0.